The van der Waals surface area contributed by atoms with Gasteiger partial charge in [-0.15, -0.1) is 0 Å². The fraction of sp³-hybridized carbons (Fsp3) is 0.538. The Morgan fingerprint density at radius 3 is 2.53 bits per heavy atom. The van der Waals surface area contributed by atoms with Crippen molar-refractivity contribution in [1.29, 1.82) is 0 Å². The van der Waals surface area contributed by atoms with Gasteiger partial charge in [-0.1, -0.05) is 17.7 Å². The molecule has 0 bridgehead atoms. The molecular weight excluding hydrogens is 300 g/mol. The summed E-state index contributed by atoms with van der Waals surface area (Å²) in [4.78, 5) is 0. The molecule has 0 aliphatic heterocycles. The van der Waals surface area contributed by atoms with Crippen LogP contribution in [0.5, 0.6) is 0 Å². The first kappa shape index (κ1) is 15.0. The fourth-order valence-electron chi connectivity index (χ4n) is 1.41. The third kappa shape index (κ3) is 6.41. The van der Waals surface area contributed by atoms with Crippen molar-refractivity contribution in [3.63, 3.8) is 0 Å². The van der Waals surface area contributed by atoms with Gasteiger partial charge in [-0.3, -0.25) is 0 Å². The van der Waals surface area contributed by atoms with E-state index in [1.54, 1.807) is 0 Å². The van der Waals surface area contributed by atoms with Gasteiger partial charge in [0.05, 0.1) is 5.02 Å². The molecule has 0 aliphatic carbocycles. The number of hydrogen-bond acceptors (Lipinski definition) is 2. The van der Waals surface area contributed by atoms with Crippen molar-refractivity contribution in [3.05, 3.63) is 33.3 Å². The van der Waals surface area contributed by atoms with Crippen LogP contribution in [0.3, 0.4) is 0 Å². The zero-order chi connectivity index (χ0) is 12.9. The monoisotopic (exact) mass is 318 g/mol. The largest absolute Gasteiger partial charge is 0.311 e. The van der Waals surface area contributed by atoms with E-state index in [4.69, 9.17) is 11.6 Å². The minimum atomic E-state index is 0.183. The second kappa shape index (κ2) is 6.74. The van der Waals surface area contributed by atoms with Gasteiger partial charge in [0.15, 0.2) is 0 Å². The zero-order valence-electron chi connectivity index (χ0n) is 10.6. The molecule has 0 aliphatic rings. The van der Waals surface area contributed by atoms with Crippen molar-refractivity contribution in [3.8, 4) is 0 Å². The summed E-state index contributed by atoms with van der Waals surface area (Å²) in [5, 5.41) is 7.58. The van der Waals surface area contributed by atoms with Gasteiger partial charge < -0.3 is 10.6 Å². The van der Waals surface area contributed by atoms with E-state index < -0.39 is 0 Å². The van der Waals surface area contributed by atoms with Gasteiger partial charge in [-0.05, 0) is 54.4 Å². The first-order chi connectivity index (χ1) is 7.88. The number of halogens is 2. The first-order valence-corrected chi connectivity index (χ1v) is 6.95. The van der Waals surface area contributed by atoms with Crippen LogP contribution in [-0.2, 0) is 6.54 Å². The molecular formula is C13H20BrClN2. The van der Waals surface area contributed by atoms with E-state index in [-0.39, 0.29) is 5.54 Å². The number of hydrogen-bond donors (Lipinski definition) is 2. The molecule has 17 heavy (non-hydrogen) atoms. The normalized spacial score (nSPS) is 11.8. The van der Waals surface area contributed by atoms with Crippen LogP contribution in [0.1, 0.15) is 26.3 Å². The predicted molar refractivity (Wildman–Crippen MR) is 78.6 cm³/mol. The Morgan fingerprint density at radius 2 is 1.94 bits per heavy atom. The van der Waals surface area contributed by atoms with Crippen molar-refractivity contribution in [2.75, 3.05) is 13.1 Å². The van der Waals surface area contributed by atoms with Gasteiger partial charge in [0, 0.05) is 29.6 Å². The van der Waals surface area contributed by atoms with Crippen LogP contribution in [0.15, 0.2) is 22.7 Å². The van der Waals surface area contributed by atoms with Crippen LogP contribution in [-0.4, -0.2) is 18.6 Å². The number of rotatable bonds is 5. The average Bonchev–Trinajstić information content (AvgIpc) is 2.21. The molecule has 0 amide bonds. The van der Waals surface area contributed by atoms with Crippen LogP contribution in [0, 0.1) is 0 Å². The van der Waals surface area contributed by atoms with Crippen molar-refractivity contribution >= 4 is 27.5 Å². The Morgan fingerprint density at radius 1 is 1.24 bits per heavy atom. The molecule has 0 spiro atoms. The Balaban J connectivity index is 2.25. The summed E-state index contributed by atoms with van der Waals surface area (Å²) in [5.74, 6) is 0. The highest BCUT2D eigenvalue weighted by atomic mass is 79.9. The number of nitrogens with one attached hydrogen (secondary N) is 2. The zero-order valence-corrected chi connectivity index (χ0v) is 13.0. The third-order valence-electron chi connectivity index (χ3n) is 2.27. The van der Waals surface area contributed by atoms with Crippen molar-refractivity contribution in [2.24, 2.45) is 0 Å². The fourth-order valence-corrected chi connectivity index (χ4v) is 1.86. The summed E-state index contributed by atoms with van der Waals surface area (Å²) in [6.07, 6.45) is 0. The molecule has 96 valence electrons. The molecule has 0 saturated heterocycles. The molecule has 0 heterocycles. The lowest BCUT2D eigenvalue weighted by Gasteiger charge is -2.20. The maximum atomic E-state index is 6.03. The molecule has 2 N–H and O–H groups in total. The van der Waals surface area contributed by atoms with E-state index in [0.717, 1.165) is 29.1 Å². The van der Waals surface area contributed by atoms with Crippen LogP contribution in [0.25, 0.3) is 0 Å². The number of benzene rings is 1. The molecule has 0 atom stereocenters. The molecule has 0 saturated carbocycles. The highest BCUT2D eigenvalue weighted by Gasteiger charge is 2.06. The molecule has 0 unspecified atom stereocenters. The summed E-state index contributed by atoms with van der Waals surface area (Å²) < 4.78 is 0.942. The third-order valence-corrected chi connectivity index (χ3v) is 3.50. The van der Waals surface area contributed by atoms with Gasteiger partial charge >= 0.3 is 0 Å². The van der Waals surface area contributed by atoms with Crippen LogP contribution in [0.2, 0.25) is 5.02 Å². The molecule has 0 fully saturated rings. The summed E-state index contributed by atoms with van der Waals surface area (Å²) in [5.41, 5.74) is 1.39. The smallest absolute Gasteiger partial charge is 0.0551 e. The molecule has 4 heteroatoms. The summed E-state index contributed by atoms with van der Waals surface area (Å²) >= 11 is 9.41. The molecule has 1 aromatic rings. The Bertz CT molecular complexity index is 361. The SMILES string of the molecule is CC(C)(C)NCCNCc1ccc(Br)c(Cl)c1. The van der Waals surface area contributed by atoms with Crippen LogP contribution < -0.4 is 10.6 Å². The van der Waals surface area contributed by atoms with E-state index in [1.807, 2.05) is 12.1 Å². The first-order valence-electron chi connectivity index (χ1n) is 5.78. The summed E-state index contributed by atoms with van der Waals surface area (Å²) in [6.45, 7) is 9.27. The van der Waals surface area contributed by atoms with Crippen molar-refractivity contribution in [2.45, 2.75) is 32.9 Å². The van der Waals surface area contributed by atoms with E-state index >= 15 is 0 Å². The second-order valence-corrected chi connectivity index (χ2v) is 6.36. The maximum absolute atomic E-state index is 6.03. The molecule has 2 nitrogen and oxygen atoms in total. The maximum Gasteiger partial charge on any atom is 0.0551 e. The average molecular weight is 320 g/mol. The van der Waals surface area contributed by atoms with Crippen LogP contribution >= 0.6 is 27.5 Å². The van der Waals surface area contributed by atoms with Crippen molar-refractivity contribution < 1.29 is 0 Å². The second-order valence-electron chi connectivity index (χ2n) is 5.10. The molecule has 0 aromatic heterocycles. The van der Waals surface area contributed by atoms with Gasteiger partial charge in [0.25, 0.3) is 0 Å². The van der Waals surface area contributed by atoms with Crippen molar-refractivity contribution in [1.82, 2.24) is 10.6 Å². The predicted octanol–water partition coefficient (Wildman–Crippen LogP) is 3.58. The van der Waals surface area contributed by atoms with Crippen LogP contribution in [0.4, 0.5) is 0 Å². The molecule has 0 radical (unpaired) electrons. The quantitative estimate of drug-likeness (QED) is 0.811. The summed E-state index contributed by atoms with van der Waals surface area (Å²) in [7, 11) is 0. The lowest BCUT2D eigenvalue weighted by Crippen LogP contribution is -2.40. The molecule has 1 aromatic carbocycles. The minimum absolute atomic E-state index is 0.183. The summed E-state index contributed by atoms with van der Waals surface area (Å²) in [6, 6.07) is 6.03. The van der Waals surface area contributed by atoms with E-state index in [9.17, 15) is 0 Å². The van der Waals surface area contributed by atoms with E-state index in [0.29, 0.717) is 0 Å². The van der Waals surface area contributed by atoms with Gasteiger partial charge in [0.2, 0.25) is 0 Å². The topological polar surface area (TPSA) is 24.1 Å². The Kier molecular flexibility index (Phi) is 5.93. The Labute approximate surface area is 117 Å². The molecule has 1 rings (SSSR count). The lowest BCUT2D eigenvalue weighted by atomic mass is 10.1. The Hall–Kier alpha value is -0.0900. The minimum Gasteiger partial charge on any atom is -0.311 e. The standard InChI is InChI=1S/C13H20BrClN2/c1-13(2,3)17-7-6-16-9-10-4-5-11(14)12(15)8-10/h4-5,8,16-17H,6-7,9H2,1-3H3. The van der Waals surface area contributed by atoms with Gasteiger partial charge in [-0.2, -0.15) is 0 Å². The van der Waals surface area contributed by atoms with Gasteiger partial charge in [-0.25, -0.2) is 0 Å². The van der Waals surface area contributed by atoms with Gasteiger partial charge in [0.1, 0.15) is 0 Å². The lowest BCUT2D eigenvalue weighted by molar-refractivity contribution is 0.421. The highest BCUT2D eigenvalue weighted by molar-refractivity contribution is 9.10. The van der Waals surface area contributed by atoms with E-state index in [2.05, 4.69) is 53.4 Å². The highest BCUT2D eigenvalue weighted by Crippen LogP contribution is 2.22. The van der Waals surface area contributed by atoms with E-state index in [1.165, 1.54) is 5.56 Å².